The fourth-order valence-electron chi connectivity index (χ4n) is 1.61. The second-order valence-electron chi connectivity index (χ2n) is 4.11. The number of thiophene rings is 1. The minimum atomic E-state index is -0.165. The average molecular weight is 275 g/mol. The van der Waals surface area contributed by atoms with E-state index in [1.807, 2.05) is 5.38 Å². The normalized spacial score (nSPS) is 10.2. The first-order chi connectivity index (χ1) is 9.08. The number of phenols is 1. The first kappa shape index (κ1) is 13.3. The lowest BCUT2D eigenvalue weighted by molar-refractivity contribution is 0.0751. The molecule has 1 aromatic carbocycles. The Morgan fingerprint density at radius 3 is 2.47 bits per heavy atom. The van der Waals surface area contributed by atoms with Crippen LogP contribution in [0.15, 0.2) is 41.8 Å². The van der Waals surface area contributed by atoms with Gasteiger partial charge in [-0.2, -0.15) is 0 Å². The molecule has 5 heteroatoms. The van der Waals surface area contributed by atoms with Crippen molar-refractivity contribution in [1.82, 2.24) is 4.90 Å². The van der Waals surface area contributed by atoms with Gasteiger partial charge >= 0.3 is 0 Å². The highest BCUT2D eigenvalue weighted by Crippen LogP contribution is 2.13. The summed E-state index contributed by atoms with van der Waals surface area (Å²) in [7, 11) is 1.60. The molecule has 0 saturated carbocycles. The molecule has 0 aliphatic carbocycles. The molecule has 4 nitrogen and oxygen atoms in total. The fourth-order valence-corrected chi connectivity index (χ4v) is 2.33. The number of aromatic hydroxyl groups is 1. The molecule has 0 atom stereocenters. The molecule has 0 bridgehead atoms. The lowest BCUT2D eigenvalue weighted by Crippen LogP contribution is -2.31. The third kappa shape index (κ3) is 3.20. The van der Waals surface area contributed by atoms with Crippen LogP contribution in [0.1, 0.15) is 20.0 Å². The summed E-state index contributed by atoms with van der Waals surface area (Å²) in [4.78, 5) is 25.9. The third-order valence-corrected chi connectivity index (χ3v) is 3.51. The predicted octanol–water partition coefficient (Wildman–Crippen LogP) is 2.41. The van der Waals surface area contributed by atoms with Gasteiger partial charge in [-0.1, -0.05) is 6.07 Å². The molecule has 1 aromatic heterocycles. The number of likely N-dealkylation sites (N-methyl/N-ethyl adjacent to an activating group) is 1. The Bertz CT molecular complexity index is 575. The van der Waals surface area contributed by atoms with Crippen LogP contribution >= 0.6 is 11.3 Å². The van der Waals surface area contributed by atoms with E-state index in [0.29, 0.717) is 10.4 Å². The summed E-state index contributed by atoms with van der Waals surface area (Å²) >= 11 is 1.35. The lowest BCUT2D eigenvalue weighted by Gasteiger charge is -2.15. The molecule has 98 valence electrons. The molecule has 1 amide bonds. The molecule has 0 fully saturated rings. The average Bonchev–Trinajstić information content (AvgIpc) is 2.92. The van der Waals surface area contributed by atoms with Gasteiger partial charge in [-0.05, 0) is 35.7 Å². The van der Waals surface area contributed by atoms with Crippen LogP contribution in [0, 0.1) is 0 Å². The number of phenolic OH excluding ortho intramolecular Hbond substituents is 1. The lowest BCUT2D eigenvalue weighted by atomic mass is 10.1. The molecule has 0 radical (unpaired) electrons. The predicted molar refractivity (Wildman–Crippen MR) is 73.7 cm³/mol. The van der Waals surface area contributed by atoms with Gasteiger partial charge in [-0.15, -0.1) is 11.3 Å². The monoisotopic (exact) mass is 275 g/mol. The van der Waals surface area contributed by atoms with E-state index < -0.39 is 0 Å². The van der Waals surface area contributed by atoms with Gasteiger partial charge in [0, 0.05) is 12.6 Å². The van der Waals surface area contributed by atoms with Crippen LogP contribution in [0.4, 0.5) is 0 Å². The van der Waals surface area contributed by atoms with Gasteiger partial charge in [-0.25, -0.2) is 0 Å². The Morgan fingerprint density at radius 1 is 1.21 bits per heavy atom. The summed E-state index contributed by atoms with van der Waals surface area (Å²) in [6, 6.07) is 9.52. The van der Waals surface area contributed by atoms with E-state index in [9.17, 15) is 9.59 Å². The van der Waals surface area contributed by atoms with Crippen LogP contribution in [-0.4, -0.2) is 35.3 Å². The van der Waals surface area contributed by atoms with Crippen LogP contribution in [0.25, 0.3) is 0 Å². The van der Waals surface area contributed by atoms with Crippen molar-refractivity contribution in [2.45, 2.75) is 0 Å². The molecule has 0 spiro atoms. The van der Waals surface area contributed by atoms with Crippen LogP contribution in [-0.2, 0) is 0 Å². The van der Waals surface area contributed by atoms with Gasteiger partial charge < -0.3 is 10.0 Å². The molecule has 0 aliphatic rings. The summed E-state index contributed by atoms with van der Waals surface area (Å²) in [5.41, 5.74) is 0.476. The molecule has 19 heavy (non-hydrogen) atoms. The van der Waals surface area contributed by atoms with Crippen molar-refractivity contribution < 1.29 is 14.7 Å². The van der Waals surface area contributed by atoms with E-state index in [4.69, 9.17) is 5.11 Å². The second kappa shape index (κ2) is 5.67. The number of ketones is 1. The van der Waals surface area contributed by atoms with Crippen molar-refractivity contribution in [2.24, 2.45) is 0 Å². The van der Waals surface area contributed by atoms with Crippen molar-refractivity contribution in [3.63, 3.8) is 0 Å². The minimum Gasteiger partial charge on any atom is -0.508 e. The third-order valence-electron chi connectivity index (χ3n) is 2.65. The van der Waals surface area contributed by atoms with Crippen molar-refractivity contribution in [2.75, 3.05) is 13.6 Å². The SMILES string of the molecule is CN(CC(=O)c1ccc(O)cc1)C(=O)c1cccs1. The maximum absolute atomic E-state index is 12.0. The molecule has 0 aliphatic heterocycles. The Labute approximate surface area is 114 Å². The first-order valence-corrected chi connectivity index (χ1v) is 6.57. The van der Waals surface area contributed by atoms with E-state index in [1.165, 1.54) is 28.4 Å². The van der Waals surface area contributed by atoms with Crippen molar-refractivity contribution >= 4 is 23.0 Å². The van der Waals surface area contributed by atoms with Gasteiger partial charge in [0.1, 0.15) is 5.75 Å². The number of benzene rings is 1. The zero-order valence-corrected chi connectivity index (χ0v) is 11.2. The summed E-state index contributed by atoms with van der Waals surface area (Å²) in [5.74, 6) is -0.214. The maximum atomic E-state index is 12.0. The van der Waals surface area contributed by atoms with E-state index in [2.05, 4.69) is 0 Å². The van der Waals surface area contributed by atoms with Crippen LogP contribution < -0.4 is 0 Å². The fraction of sp³-hybridized carbons (Fsp3) is 0.143. The summed E-state index contributed by atoms with van der Waals surface area (Å²) < 4.78 is 0. The van der Waals surface area contributed by atoms with E-state index >= 15 is 0 Å². The van der Waals surface area contributed by atoms with Gasteiger partial charge in [0.25, 0.3) is 5.91 Å². The highest BCUT2D eigenvalue weighted by Gasteiger charge is 2.16. The number of carbonyl (C=O) groups is 2. The maximum Gasteiger partial charge on any atom is 0.264 e. The van der Waals surface area contributed by atoms with E-state index in [-0.39, 0.29) is 24.0 Å². The first-order valence-electron chi connectivity index (χ1n) is 5.69. The van der Waals surface area contributed by atoms with Crippen molar-refractivity contribution in [1.29, 1.82) is 0 Å². The number of hydrogen-bond acceptors (Lipinski definition) is 4. The molecule has 2 rings (SSSR count). The van der Waals surface area contributed by atoms with Crippen molar-refractivity contribution in [3.05, 3.63) is 52.2 Å². The molecule has 0 saturated heterocycles. The number of hydrogen-bond donors (Lipinski definition) is 1. The van der Waals surface area contributed by atoms with E-state index in [0.717, 1.165) is 0 Å². The quantitative estimate of drug-likeness (QED) is 0.872. The highest BCUT2D eigenvalue weighted by molar-refractivity contribution is 7.12. The summed E-state index contributed by atoms with van der Waals surface area (Å²) in [6.07, 6.45) is 0. The van der Waals surface area contributed by atoms with Crippen LogP contribution in [0.3, 0.4) is 0 Å². The number of nitrogens with zero attached hydrogens (tertiary/aromatic N) is 1. The number of Topliss-reactive ketones (excluding diaryl/α,β-unsaturated/α-hetero) is 1. The summed E-state index contributed by atoms with van der Waals surface area (Å²) in [5, 5.41) is 11.0. The Kier molecular flexibility index (Phi) is 3.97. The standard InChI is InChI=1S/C14H13NO3S/c1-15(14(18)13-3-2-8-19-13)9-12(17)10-4-6-11(16)7-5-10/h2-8,16H,9H2,1H3. The van der Waals surface area contributed by atoms with Gasteiger partial charge in [-0.3, -0.25) is 9.59 Å². The van der Waals surface area contributed by atoms with E-state index in [1.54, 1.807) is 31.3 Å². The molecule has 2 aromatic rings. The highest BCUT2D eigenvalue weighted by atomic mass is 32.1. The Balaban J connectivity index is 2.02. The van der Waals surface area contributed by atoms with Gasteiger partial charge in [0.2, 0.25) is 0 Å². The number of amides is 1. The number of rotatable bonds is 4. The van der Waals surface area contributed by atoms with Crippen LogP contribution in [0.5, 0.6) is 5.75 Å². The molecule has 1 N–H and O–H groups in total. The molecule has 0 unspecified atom stereocenters. The van der Waals surface area contributed by atoms with Gasteiger partial charge in [0.05, 0.1) is 11.4 Å². The van der Waals surface area contributed by atoms with Gasteiger partial charge in [0.15, 0.2) is 5.78 Å². The summed E-state index contributed by atoms with van der Waals surface area (Å²) in [6.45, 7) is 0.0154. The Morgan fingerprint density at radius 2 is 1.89 bits per heavy atom. The molecular weight excluding hydrogens is 262 g/mol. The Hall–Kier alpha value is -2.14. The zero-order valence-electron chi connectivity index (χ0n) is 10.4. The number of carbonyl (C=O) groups excluding carboxylic acids is 2. The second-order valence-corrected chi connectivity index (χ2v) is 5.06. The van der Waals surface area contributed by atoms with Crippen molar-refractivity contribution in [3.8, 4) is 5.75 Å². The topological polar surface area (TPSA) is 57.6 Å². The molecule has 1 heterocycles. The minimum absolute atomic E-state index is 0.0154. The largest absolute Gasteiger partial charge is 0.508 e. The molecular formula is C14H13NO3S. The zero-order chi connectivity index (χ0) is 13.8. The van der Waals surface area contributed by atoms with Crippen LogP contribution in [0.2, 0.25) is 0 Å². The smallest absolute Gasteiger partial charge is 0.264 e.